The summed E-state index contributed by atoms with van der Waals surface area (Å²) >= 11 is 0. The van der Waals surface area contributed by atoms with E-state index in [0.717, 1.165) is 25.0 Å². The Kier molecular flexibility index (Phi) is 5.30. The fraction of sp³-hybridized carbons (Fsp3) is 1.00. The molecule has 0 radical (unpaired) electrons. The van der Waals surface area contributed by atoms with Crippen LogP contribution in [0.2, 0.25) is 0 Å². The monoisotopic (exact) mass is 239 g/mol. The molecule has 2 rings (SSSR count). The Balaban J connectivity index is 1.62. The second-order valence-corrected chi connectivity index (χ2v) is 6.22. The van der Waals surface area contributed by atoms with E-state index in [1.165, 1.54) is 44.9 Å². The molecule has 0 bridgehead atoms. The first-order valence-corrected chi connectivity index (χ1v) is 7.60. The first kappa shape index (κ1) is 13.4. The molecule has 3 atom stereocenters. The van der Waals surface area contributed by atoms with Gasteiger partial charge in [0, 0.05) is 12.6 Å². The molecule has 2 fully saturated rings. The molecule has 0 spiro atoms. The summed E-state index contributed by atoms with van der Waals surface area (Å²) in [6.45, 7) is 6.27. The van der Waals surface area contributed by atoms with Crippen molar-refractivity contribution in [1.82, 2.24) is 5.32 Å². The van der Waals surface area contributed by atoms with Crippen molar-refractivity contribution >= 4 is 0 Å². The number of hydrogen-bond acceptors (Lipinski definition) is 2. The fourth-order valence-corrected chi connectivity index (χ4v) is 3.55. The average Bonchev–Trinajstić information content (AvgIpc) is 2.34. The lowest BCUT2D eigenvalue weighted by molar-refractivity contribution is -0.0117. The zero-order chi connectivity index (χ0) is 12.1. The molecule has 1 N–H and O–H groups in total. The first-order chi connectivity index (χ1) is 8.25. The third kappa shape index (κ3) is 4.26. The molecule has 2 aliphatic rings. The van der Waals surface area contributed by atoms with Crippen molar-refractivity contribution in [3.8, 4) is 0 Å². The van der Waals surface area contributed by atoms with E-state index in [1.54, 1.807) is 0 Å². The van der Waals surface area contributed by atoms with Gasteiger partial charge < -0.3 is 10.1 Å². The highest BCUT2D eigenvalue weighted by Crippen LogP contribution is 2.41. The van der Waals surface area contributed by atoms with E-state index in [2.05, 4.69) is 19.2 Å². The lowest BCUT2D eigenvalue weighted by Crippen LogP contribution is -2.34. The minimum Gasteiger partial charge on any atom is -0.377 e. The molecule has 2 heteroatoms. The summed E-state index contributed by atoms with van der Waals surface area (Å²) in [5.41, 5.74) is 0. The van der Waals surface area contributed by atoms with E-state index in [0.29, 0.717) is 12.1 Å². The van der Waals surface area contributed by atoms with Crippen LogP contribution < -0.4 is 5.32 Å². The maximum atomic E-state index is 6.02. The Morgan fingerprint density at radius 1 is 1.06 bits per heavy atom. The lowest BCUT2D eigenvalue weighted by atomic mass is 9.70. The maximum Gasteiger partial charge on any atom is 0.0594 e. The molecule has 0 aromatic rings. The molecule has 0 amide bonds. The summed E-state index contributed by atoms with van der Waals surface area (Å²) in [6, 6.07) is 0.577. The molecule has 0 aromatic carbocycles. The number of rotatable bonds is 5. The summed E-state index contributed by atoms with van der Waals surface area (Å²) < 4.78 is 6.02. The van der Waals surface area contributed by atoms with Crippen LogP contribution in [0.1, 0.15) is 58.8 Å². The maximum absolute atomic E-state index is 6.02. The predicted octanol–water partition coefficient (Wildman–Crippen LogP) is 3.36. The van der Waals surface area contributed by atoms with Gasteiger partial charge in [-0.2, -0.15) is 0 Å². The number of hydrogen-bond donors (Lipinski definition) is 1. The standard InChI is InChI=1S/C15H29NO/c1-12(2)16-9-10-17-15-8-7-13-5-3-4-6-14(13)11-15/h12-16H,3-11H2,1-2H3. The van der Waals surface area contributed by atoms with Gasteiger partial charge in [0.2, 0.25) is 0 Å². The molecular weight excluding hydrogens is 210 g/mol. The highest BCUT2D eigenvalue weighted by Gasteiger charge is 2.32. The van der Waals surface area contributed by atoms with Gasteiger partial charge in [-0.05, 0) is 31.1 Å². The van der Waals surface area contributed by atoms with E-state index in [4.69, 9.17) is 4.74 Å². The molecule has 2 nitrogen and oxygen atoms in total. The summed E-state index contributed by atoms with van der Waals surface area (Å²) in [7, 11) is 0. The van der Waals surface area contributed by atoms with Crippen LogP contribution in [-0.2, 0) is 4.74 Å². The van der Waals surface area contributed by atoms with Gasteiger partial charge in [0.25, 0.3) is 0 Å². The molecule has 0 aromatic heterocycles. The molecule has 17 heavy (non-hydrogen) atoms. The Hall–Kier alpha value is -0.0800. The van der Waals surface area contributed by atoms with E-state index in [9.17, 15) is 0 Å². The number of nitrogens with one attached hydrogen (secondary N) is 1. The normalized spacial score (nSPS) is 33.7. The van der Waals surface area contributed by atoms with Crippen LogP contribution in [0.25, 0.3) is 0 Å². The van der Waals surface area contributed by atoms with Gasteiger partial charge >= 0.3 is 0 Å². The zero-order valence-electron chi connectivity index (χ0n) is 11.6. The quantitative estimate of drug-likeness (QED) is 0.743. The number of ether oxygens (including phenoxy) is 1. The van der Waals surface area contributed by atoms with Crippen molar-refractivity contribution in [3.63, 3.8) is 0 Å². The summed E-state index contributed by atoms with van der Waals surface area (Å²) in [5.74, 6) is 2.03. The molecule has 0 saturated heterocycles. The van der Waals surface area contributed by atoms with Gasteiger partial charge in [-0.3, -0.25) is 0 Å². The largest absolute Gasteiger partial charge is 0.377 e. The van der Waals surface area contributed by atoms with Gasteiger partial charge in [-0.25, -0.2) is 0 Å². The molecule has 0 heterocycles. The van der Waals surface area contributed by atoms with Crippen LogP contribution in [0.5, 0.6) is 0 Å². The zero-order valence-corrected chi connectivity index (χ0v) is 11.6. The molecule has 100 valence electrons. The second-order valence-electron chi connectivity index (χ2n) is 6.22. The Morgan fingerprint density at radius 3 is 2.59 bits per heavy atom. The van der Waals surface area contributed by atoms with Crippen LogP contribution in [0, 0.1) is 11.8 Å². The van der Waals surface area contributed by atoms with Crippen LogP contribution in [0.4, 0.5) is 0 Å². The summed E-state index contributed by atoms with van der Waals surface area (Å²) in [6.07, 6.45) is 10.5. The summed E-state index contributed by atoms with van der Waals surface area (Å²) in [5, 5.41) is 3.42. The molecule has 0 aliphatic heterocycles. The van der Waals surface area contributed by atoms with Crippen molar-refractivity contribution in [2.75, 3.05) is 13.2 Å². The van der Waals surface area contributed by atoms with Crippen LogP contribution in [-0.4, -0.2) is 25.3 Å². The van der Waals surface area contributed by atoms with E-state index >= 15 is 0 Å². The highest BCUT2D eigenvalue weighted by atomic mass is 16.5. The molecule has 2 aliphatic carbocycles. The van der Waals surface area contributed by atoms with Gasteiger partial charge in [0.15, 0.2) is 0 Å². The Bertz CT molecular complexity index is 217. The molecule has 2 saturated carbocycles. The molecule has 3 unspecified atom stereocenters. The lowest BCUT2D eigenvalue weighted by Gasteiger charge is -2.39. The topological polar surface area (TPSA) is 21.3 Å². The smallest absolute Gasteiger partial charge is 0.0594 e. The first-order valence-electron chi connectivity index (χ1n) is 7.60. The van der Waals surface area contributed by atoms with Gasteiger partial charge in [-0.15, -0.1) is 0 Å². The van der Waals surface area contributed by atoms with Crippen LogP contribution in [0.15, 0.2) is 0 Å². The van der Waals surface area contributed by atoms with Gasteiger partial charge in [-0.1, -0.05) is 39.5 Å². The minimum atomic E-state index is 0.559. The second kappa shape index (κ2) is 6.75. The van der Waals surface area contributed by atoms with E-state index in [-0.39, 0.29) is 0 Å². The van der Waals surface area contributed by atoms with Crippen molar-refractivity contribution in [3.05, 3.63) is 0 Å². The fourth-order valence-electron chi connectivity index (χ4n) is 3.55. The average molecular weight is 239 g/mol. The van der Waals surface area contributed by atoms with Crippen LogP contribution >= 0.6 is 0 Å². The summed E-state index contributed by atoms with van der Waals surface area (Å²) in [4.78, 5) is 0. The Morgan fingerprint density at radius 2 is 1.82 bits per heavy atom. The SMILES string of the molecule is CC(C)NCCOC1CCC2CCCCC2C1. The van der Waals surface area contributed by atoms with Crippen molar-refractivity contribution in [2.45, 2.75) is 70.9 Å². The third-order valence-corrected chi connectivity index (χ3v) is 4.50. The van der Waals surface area contributed by atoms with Crippen LogP contribution in [0.3, 0.4) is 0 Å². The minimum absolute atomic E-state index is 0.559. The Labute approximate surface area is 107 Å². The van der Waals surface area contributed by atoms with Crippen molar-refractivity contribution in [2.24, 2.45) is 11.8 Å². The highest BCUT2D eigenvalue weighted by molar-refractivity contribution is 4.83. The van der Waals surface area contributed by atoms with E-state index < -0.39 is 0 Å². The van der Waals surface area contributed by atoms with Gasteiger partial charge in [0.05, 0.1) is 12.7 Å². The molecular formula is C15H29NO. The number of fused-ring (bicyclic) bond motifs is 1. The van der Waals surface area contributed by atoms with Crippen molar-refractivity contribution in [1.29, 1.82) is 0 Å². The van der Waals surface area contributed by atoms with Gasteiger partial charge in [0.1, 0.15) is 0 Å². The third-order valence-electron chi connectivity index (χ3n) is 4.50. The predicted molar refractivity (Wildman–Crippen MR) is 72.2 cm³/mol. The van der Waals surface area contributed by atoms with E-state index in [1.807, 2.05) is 0 Å². The van der Waals surface area contributed by atoms with Crippen molar-refractivity contribution < 1.29 is 4.74 Å².